The van der Waals surface area contributed by atoms with Gasteiger partial charge in [-0.25, -0.2) is 0 Å². The molecule has 1 saturated heterocycles. The van der Waals surface area contributed by atoms with Gasteiger partial charge in [-0.15, -0.1) is 0 Å². The molecule has 104 valence electrons. The summed E-state index contributed by atoms with van der Waals surface area (Å²) >= 11 is 0. The van der Waals surface area contributed by atoms with Crippen molar-refractivity contribution in [2.45, 2.75) is 64.8 Å². The highest BCUT2D eigenvalue weighted by Crippen LogP contribution is 2.46. The van der Waals surface area contributed by atoms with Gasteiger partial charge in [0.05, 0.1) is 6.04 Å². The monoisotopic (exact) mass is 252 g/mol. The second-order valence-electron chi connectivity index (χ2n) is 6.77. The van der Waals surface area contributed by atoms with E-state index in [1.54, 1.807) is 0 Å². The second-order valence-corrected chi connectivity index (χ2v) is 6.77. The molecule has 1 heterocycles. The SMILES string of the molecule is CC(C)C[C@H](N)C(=O)N1CCC2(CCCC2)CC1. The van der Waals surface area contributed by atoms with Gasteiger partial charge in [0, 0.05) is 13.1 Å². The van der Waals surface area contributed by atoms with Gasteiger partial charge in [0.25, 0.3) is 0 Å². The standard InChI is InChI=1S/C15H28N2O/c1-12(2)11-13(16)14(18)17-9-7-15(8-10-17)5-3-4-6-15/h12-13H,3-11,16H2,1-2H3/t13-/m0/s1. The van der Waals surface area contributed by atoms with Crippen LogP contribution in [0.15, 0.2) is 0 Å². The summed E-state index contributed by atoms with van der Waals surface area (Å²) in [6.07, 6.45) is 8.75. The highest BCUT2D eigenvalue weighted by Gasteiger charge is 2.38. The Morgan fingerprint density at radius 1 is 1.17 bits per heavy atom. The maximum Gasteiger partial charge on any atom is 0.239 e. The Morgan fingerprint density at radius 3 is 2.22 bits per heavy atom. The smallest absolute Gasteiger partial charge is 0.239 e. The summed E-state index contributed by atoms with van der Waals surface area (Å²) in [7, 11) is 0. The number of nitrogens with two attached hydrogens (primary N) is 1. The van der Waals surface area contributed by atoms with Crippen molar-refractivity contribution < 1.29 is 4.79 Å². The fourth-order valence-corrected chi connectivity index (χ4v) is 3.67. The number of amides is 1. The zero-order valence-electron chi connectivity index (χ0n) is 12.0. The maximum atomic E-state index is 12.2. The van der Waals surface area contributed by atoms with E-state index in [-0.39, 0.29) is 11.9 Å². The van der Waals surface area contributed by atoms with E-state index in [9.17, 15) is 4.79 Å². The van der Waals surface area contributed by atoms with Crippen LogP contribution in [0, 0.1) is 11.3 Å². The zero-order chi connectivity index (χ0) is 13.2. The Hall–Kier alpha value is -0.570. The van der Waals surface area contributed by atoms with Crippen molar-refractivity contribution in [3.05, 3.63) is 0 Å². The van der Waals surface area contributed by atoms with Crippen molar-refractivity contribution in [2.24, 2.45) is 17.1 Å². The average Bonchev–Trinajstić information content (AvgIpc) is 2.77. The third-order valence-electron chi connectivity index (χ3n) is 4.84. The Kier molecular flexibility index (Phi) is 4.31. The van der Waals surface area contributed by atoms with Crippen LogP contribution >= 0.6 is 0 Å². The van der Waals surface area contributed by atoms with Crippen molar-refractivity contribution >= 4 is 5.91 Å². The first-order chi connectivity index (χ1) is 8.52. The third-order valence-corrected chi connectivity index (χ3v) is 4.84. The van der Waals surface area contributed by atoms with Crippen molar-refractivity contribution in [2.75, 3.05) is 13.1 Å². The third kappa shape index (κ3) is 3.05. The summed E-state index contributed by atoms with van der Waals surface area (Å²) in [4.78, 5) is 14.2. The minimum Gasteiger partial charge on any atom is -0.341 e. The molecule has 0 bridgehead atoms. The Morgan fingerprint density at radius 2 is 1.72 bits per heavy atom. The number of piperidine rings is 1. The number of likely N-dealkylation sites (tertiary alicyclic amines) is 1. The van der Waals surface area contributed by atoms with Gasteiger partial charge in [-0.3, -0.25) is 4.79 Å². The lowest BCUT2D eigenvalue weighted by Gasteiger charge is -2.40. The number of hydrogen-bond acceptors (Lipinski definition) is 2. The van der Waals surface area contributed by atoms with Gasteiger partial charge >= 0.3 is 0 Å². The molecule has 2 rings (SSSR count). The molecule has 2 fully saturated rings. The van der Waals surface area contributed by atoms with Gasteiger partial charge in [0.2, 0.25) is 5.91 Å². The molecule has 1 atom stereocenters. The molecule has 0 radical (unpaired) electrons. The van der Waals surface area contributed by atoms with E-state index in [0.29, 0.717) is 11.3 Å². The molecule has 1 aliphatic heterocycles. The van der Waals surface area contributed by atoms with Crippen LogP contribution in [0.1, 0.15) is 58.8 Å². The van der Waals surface area contributed by atoms with Crippen LogP contribution in [0.3, 0.4) is 0 Å². The summed E-state index contributed by atoms with van der Waals surface area (Å²) < 4.78 is 0. The van der Waals surface area contributed by atoms with Gasteiger partial charge in [-0.05, 0) is 43.4 Å². The number of rotatable bonds is 3. The van der Waals surface area contributed by atoms with Crippen molar-refractivity contribution in [1.82, 2.24) is 4.90 Å². The van der Waals surface area contributed by atoms with Gasteiger partial charge in [0.1, 0.15) is 0 Å². The van der Waals surface area contributed by atoms with Gasteiger partial charge in [-0.2, -0.15) is 0 Å². The zero-order valence-corrected chi connectivity index (χ0v) is 12.0. The molecule has 3 heteroatoms. The number of hydrogen-bond donors (Lipinski definition) is 1. The molecule has 2 aliphatic rings. The first kappa shape index (κ1) is 13.9. The Labute approximate surface area is 111 Å². The lowest BCUT2D eigenvalue weighted by Crippen LogP contribution is -2.49. The van der Waals surface area contributed by atoms with E-state index in [1.165, 1.54) is 38.5 Å². The number of carbonyl (C=O) groups is 1. The van der Waals surface area contributed by atoms with Crippen LogP contribution in [-0.4, -0.2) is 29.9 Å². The fourth-order valence-electron chi connectivity index (χ4n) is 3.67. The summed E-state index contributed by atoms with van der Waals surface area (Å²) in [5, 5.41) is 0. The molecular formula is C15H28N2O. The molecule has 1 aliphatic carbocycles. The van der Waals surface area contributed by atoms with Crippen LogP contribution < -0.4 is 5.73 Å². The summed E-state index contributed by atoms with van der Waals surface area (Å²) in [5.74, 6) is 0.673. The molecule has 2 N–H and O–H groups in total. The fraction of sp³-hybridized carbons (Fsp3) is 0.933. The van der Waals surface area contributed by atoms with Crippen molar-refractivity contribution in [3.63, 3.8) is 0 Å². The van der Waals surface area contributed by atoms with E-state index in [1.807, 2.05) is 4.90 Å². The molecule has 0 aromatic carbocycles. The maximum absolute atomic E-state index is 12.2. The average molecular weight is 252 g/mol. The molecule has 0 aromatic rings. The van der Waals surface area contributed by atoms with E-state index in [4.69, 9.17) is 5.73 Å². The quantitative estimate of drug-likeness (QED) is 0.839. The molecule has 18 heavy (non-hydrogen) atoms. The van der Waals surface area contributed by atoms with Crippen LogP contribution in [0.4, 0.5) is 0 Å². The lowest BCUT2D eigenvalue weighted by molar-refractivity contribution is -0.135. The first-order valence-electron chi connectivity index (χ1n) is 7.57. The predicted molar refractivity (Wildman–Crippen MR) is 74.1 cm³/mol. The molecule has 1 amide bonds. The summed E-state index contributed by atoms with van der Waals surface area (Å²) in [6, 6.07) is -0.289. The van der Waals surface area contributed by atoms with E-state index in [2.05, 4.69) is 13.8 Å². The topological polar surface area (TPSA) is 46.3 Å². The number of carbonyl (C=O) groups excluding carboxylic acids is 1. The van der Waals surface area contributed by atoms with Gasteiger partial charge in [0.15, 0.2) is 0 Å². The lowest BCUT2D eigenvalue weighted by atomic mass is 9.77. The van der Waals surface area contributed by atoms with Crippen molar-refractivity contribution in [3.8, 4) is 0 Å². The molecule has 0 unspecified atom stereocenters. The van der Waals surface area contributed by atoms with Crippen LogP contribution in [-0.2, 0) is 4.79 Å². The summed E-state index contributed by atoms with van der Waals surface area (Å²) in [5.41, 5.74) is 6.59. The largest absolute Gasteiger partial charge is 0.341 e. The Balaban J connectivity index is 1.83. The molecule has 1 saturated carbocycles. The normalized spacial score (nSPS) is 24.8. The minimum atomic E-state index is -0.289. The van der Waals surface area contributed by atoms with Gasteiger partial charge < -0.3 is 10.6 Å². The summed E-state index contributed by atoms with van der Waals surface area (Å²) in [6.45, 7) is 6.11. The molecule has 3 nitrogen and oxygen atoms in total. The molecule has 1 spiro atoms. The predicted octanol–water partition coefficient (Wildman–Crippen LogP) is 2.54. The van der Waals surface area contributed by atoms with E-state index >= 15 is 0 Å². The Bertz CT molecular complexity index is 285. The molecular weight excluding hydrogens is 224 g/mol. The van der Waals surface area contributed by atoms with Crippen molar-refractivity contribution in [1.29, 1.82) is 0 Å². The second kappa shape index (κ2) is 5.60. The highest BCUT2D eigenvalue weighted by molar-refractivity contribution is 5.81. The van der Waals surface area contributed by atoms with E-state index in [0.717, 1.165) is 19.5 Å². The minimum absolute atomic E-state index is 0.177. The van der Waals surface area contributed by atoms with Gasteiger partial charge in [-0.1, -0.05) is 26.7 Å². The van der Waals surface area contributed by atoms with Crippen LogP contribution in [0.25, 0.3) is 0 Å². The van der Waals surface area contributed by atoms with E-state index < -0.39 is 0 Å². The first-order valence-corrected chi connectivity index (χ1v) is 7.57. The number of nitrogens with zero attached hydrogens (tertiary/aromatic N) is 1. The highest BCUT2D eigenvalue weighted by atomic mass is 16.2. The molecule has 0 aromatic heterocycles. The van der Waals surface area contributed by atoms with Crippen LogP contribution in [0.5, 0.6) is 0 Å². The van der Waals surface area contributed by atoms with Crippen LogP contribution in [0.2, 0.25) is 0 Å².